The maximum Gasteiger partial charge on any atom is 0.295 e. The maximum atomic E-state index is 11.0. The van der Waals surface area contributed by atoms with Crippen LogP contribution in [0.2, 0.25) is 0 Å². The molecule has 2 aromatic carbocycles. The van der Waals surface area contributed by atoms with E-state index in [1.54, 1.807) is 12.3 Å². The predicted octanol–water partition coefficient (Wildman–Crippen LogP) is 3.60. The van der Waals surface area contributed by atoms with Crippen molar-refractivity contribution in [1.29, 1.82) is 0 Å². The van der Waals surface area contributed by atoms with Gasteiger partial charge in [0.25, 0.3) is 5.69 Å². The Morgan fingerprint density at radius 2 is 1.94 bits per heavy atom. The van der Waals surface area contributed by atoms with Crippen molar-refractivity contribution in [2.75, 3.05) is 0 Å². The van der Waals surface area contributed by atoms with E-state index < -0.39 is 0 Å². The fraction of sp³-hybridized carbons (Fsp3) is 0.0714. The molecule has 0 atom stereocenters. The van der Waals surface area contributed by atoms with E-state index >= 15 is 0 Å². The van der Waals surface area contributed by atoms with E-state index in [1.807, 2.05) is 31.2 Å². The number of nitro groups is 1. The summed E-state index contributed by atoms with van der Waals surface area (Å²) >= 11 is 0. The molecule has 0 amide bonds. The third-order valence-corrected chi connectivity index (χ3v) is 3.12. The van der Waals surface area contributed by atoms with Crippen LogP contribution >= 0.6 is 0 Å². The molecule has 18 heavy (non-hydrogen) atoms. The van der Waals surface area contributed by atoms with Crippen molar-refractivity contribution < 1.29 is 4.92 Å². The number of hydrogen-bond donors (Lipinski definition) is 0. The normalized spacial score (nSPS) is 10.9. The Morgan fingerprint density at radius 3 is 2.72 bits per heavy atom. The van der Waals surface area contributed by atoms with Crippen LogP contribution in [0.15, 0.2) is 42.6 Å². The van der Waals surface area contributed by atoms with E-state index in [1.165, 1.54) is 6.07 Å². The molecule has 1 aromatic heterocycles. The van der Waals surface area contributed by atoms with E-state index in [-0.39, 0.29) is 10.6 Å². The molecule has 0 unspecified atom stereocenters. The zero-order chi connectivity index (χ0) is 12.7. The fourth-order valence-electron chi connectivity index (χ4n) is 2.27. The van der Waals surface area contributed by atoms with Gasteiger partial charge in [-0.3, -0.25) is 10.1 Å². The van der Waals surface area contributed by atoms with Crippen LogP contribution in [0, 0.1) is 17.0 Å². The quantitative estimate of drug-likeness (QED) is 0.369. The summed E-state index contributed by atoms with van der Waals surface area (Å²) in [6.45, 7) is 1.94. The lowest BCUT2D eigenvalue weighted by Crippen LogP contribution is -1.93. The highest BCUT2D eigenvalue weighted by atomic mass is 16.6. The molecular formula is C14H10N2O2. The number of pyridine rings is 1. The fourth-order valence-corrected chi connectivity index (χ4v) is 2.27. The van der Waals surface area contributed by atoms with Gasteiger partial charge in [-0.2, -0.15) is 0 Å². The topological polar surface area (TPSA) is 56.0 Å². The lowest BCUT2D eigenvalue weighted by molar-refractivity contribution is -0.383. The average Bonchev–Trinajstić information content (AvgIpc) is 2.38. The van der Waals surface area contributed by atoms with Gasteiger partial charge in [0.2, 0.25) is 0 Å². The molecule has 0 fully saturated rings. The third-order valence-electron chi connectivity index (χ3n) is 3.12. The highest BCUT2D eigenvalue weighted by molar-refractivity contribution is 6.09. The van der Waals surface area contributed by atoms with Crippen LogP contribution in [-0.4, -0.2) is 9.91 Å². The van der Waals surface area contributed by atoms with Crippen LogP contribution in [0.3, 0.4) is 0 Å². The van der Waals surface area contributed by atoms with Gasteiger partial charge < -0.3 is 0 Å². The standard InChI is InChI=1S/C14H10N2O2/c1-9-6-7-12(16(17)18)14-13(9)11-5-3-2-4-10(11)8-15-14/h2-8H,1H3. The number of nitro benzene ring substituents is 1. The summed E-state index contributed by atoms with van der Waals surface area (Å²) in [5.41, 5.74) is 1.51. The first kappa shape index (κ1) is 10.7. The van der Waals surface area contributed by atoms with Gasteiger partial charge in [-0.15, -0.1) is 0 Å². The molecule has 4 heteroatoms. The average molecular weight is 238 g/mol. The van der Waals surface area contributed by atoms with Crippen molar-refractivity contribution in [3.8, 4) is 0 Å². The number of hydrogen-bond acceptors (Lipinski definition) is 3. The predicted molar refractivity (Wildman–Crippen MR) is 70.6 cm³/mol. The molecule has 88 valence electrons. The van der Waals surface area contributed by atoms with Crippen LogP contribution in [0.5, 0.6) is 0 Å². The molecule has 0 spiro atoms. The largest absolute Gasteiger partial charge is 0.295 e. The first-order valence-corrected chi connectivity index (χ1v) is 5.60. The van der Waals surface area contributed by atoms with E-state index in [9.17, 15) is 10.1 Å². The minimum Gasteiger partial charge on any atom is -0.258 e. The van der Waals surface area contributed by atoms with E-state index in [0.717, 1.165) is 21.7 Å². The first-order chi connectivity index (χ1) is 8.68. The number of non-ortho nitro benzene ring substituents is 1. The van der Waals surface area contributed by atoms with Crippen molar-refractivity contribution >= 4 is 27.4 Å². The van der Waals surface area contributed by atoms with E-state index in [0.29, 0.717) is 5.52 Å². The zero-order valence-corrected chi connectivity index (χ0v) is 9.75. The van der Waals surface area contributed by atoms with Gasteiger partial charge in [-0.05, 0) is 17.9 Å². The summed E-state index contributed by atoms with van der Waals surface area (Å²) < 4.78 is 0. The lowest BCUT2D eigenvalue weighted by atomic mass is 10.0. The Bertz CT molecular complexity index is 781. The van der Waals surface area contributed by atoms with Crippen LogP contribution < -0.4 is 0 Å². The summed E-state index contributed by atoms with van der Waals surface area (Å²) in [6.07, 6.45) is 1.68. The van der Waals surface area contributed by atoms with Gasteiger partial charge in [0.1, 0.15) is 5.52 Å². The van der Waals surface area contributed by atoms with Gasteiger partial charge in [0.05, 0.1) is 4.92 Å². The zero-order valence-electron chi connectivity index (χ0n) is 9.75. The van der Waals surface area contributed by atoms with Crippen LogP contribution in [0.25, 0.3) is 21.7 Å². The molecule has 3 aromatic rings. The number of fused-ring (bicyclic) bond motifs is 3. The molecule has 0 N–H and O–H groups in total. The summed E-state index contributed by atoms with van der Waals surface area (Å²) in [6, 6.07) is 11.1. The lowest BCUT2D eigenvalue weighted by Gasteiger charge is -2.06. The Morgan fingerprint density at radius 1 is 1.17 bits per heavy atom. The highest BCUT2D eigenvalue weighted by Crippen LogP contribution is 2.31. The molecule has 0 saturated carbocycles. The van der Waals surface area contributed by atoms with Crippen molar-refractivity contribution in [2.24, 2.45) is 0 Å². The maximum absolute atomic E-state index is 11.0. The molecule has 0 aliphatic heterocycles. The number of benzene rings is 2. The summed E-state index contributed by atoms with van der Waals surface area (Å²) in [4.78, 5) is 14.9. The van der Waals surface area contributed by atoms with Crippen molar-refractivity contribution in [1.82, 2.24) is 4.98 Å². The molecule has 0 saturated heterocycles. The molecule has 0 radical (unpaired) electrons. The first-order valence-electron chi connectivity index (χ1n) is 5.60. The van der Waals surface area contributed by atoms with E-state index in [2.05, 4.69) is 4.98 Å². The minimum absolute atomic E-state index is 0.0568. The van der Waals surface area contributed by atoms with Gasteiger partial charge in [-0.1, -0.05) is 30.3 Å². The van der Waals surface area contributed by atoms with Gasteiger partial charge in [0.15, 0.2) is 0 Å². The number of nitrogens with zero attached hydrogens (tertiary/aromatic N) is 2. The van der Waals surface area contributed by atoms with Crippen molar-refractivity contribution in [2.45, 2.75) is 6.92 Å². The highest BCUT2D eigenvalue weighted by Gasteiger charge is 2.15. The second-order valence-electron chi connectivity index (χ2n) is 4.23. The van der Waals surface area contributed by atoms with Crippen molar-refractivity contribution in [3.63, 3.8) is 0 Å². The van der Waals surface area contributed by atoms with Gasteiger partial charge >= 0.3 is 0 Å². The molecule has 0 aliphatic rings. The summed E-state index contributed by atoms with van der Waals surface area (Å²) in [5, 5.41) is 13.9. The molecule has 1 heterocycles. The van der Waals surface area contributed by atoms with E-state index in [4.69, 9.17) is 0 Å². The summed E-state index contributed by atoms with van der Waals surface area (Å²) in [7, 11) is 0. The van der Waals surface area contributed by atoms with Crippen LogP contribution in [-0.2, 0) is 0 Å². The molecule has 4 nitrogen and oxygen atoms in total. The van der Waals surface area contributed by atoms with Gasteiger partial charge in [0, 0.05) is 23.0 Å². The second-order valence-corrected chi connectivity index (χ2v) is 4.23. The molecule has 0 aliphatic carbocycles. The minimum atomic E-state index is -0.385. The van der Waals surface area contributed by atoms with Crippen molar-refractivity contribution in [3.05, 3.63) is 58.3 Å². The Kier molecular flexibility index (Phi) is 2.23. The Balaban J connectivity index is 2.58. The third kappa shape index (κ3) is 1.43. The Hall–Kier alpha value is -2.49. The van der Waals surface area contributed by atoms with Crippen LogP contribution in [0.1, 0.15) is 5.56 Å². The molecular weight excluding hydrogens is 228 g/mol. The number of rotatable bonds is 1. The molecule has 0 bridgehead atoms. The smallest absolute Gasteiger partial charge is 0.258 e. The number of aryl methyl sites for hydroxylation is 1. The monoisotopic (exact) mass is 238 g/mol. The van der Waals surface area contributed by atoms with Crippen LogP contribution in [0.4, 0.5) is 5.69 Å². The number of aromatic nitrogens is 1. The SMILES string of the molecule is Cc1ccc([N+](=O)[O-])c2ncc3ccccc3c12. The second kappa shape index (κ2) is 3.77. The summed E-state index contributed by atoms with van der Waals surface area (Å²) in [5.74, 6) is 0. The Labute approximate surface area is 103 Å². The van der Waals surface area contributed by atoms with Gasteiger partial charge in [-0.25, -0.2) is 4.98 Å². The molecule has 3 rings (SSSR count).